The van der Waals surface area contributed by atoms with Gasteiger partial charge in [0.05, 0.1) is 6.61 Å². The topological polar surface area (TPSA) is 176 Å². The number of hydrogen-bond donors (Lipinski definition) is 7. The minimum absolute atomic E-state index is 0.0869. The maximum absolute atomic E-state index is 9.76. The van der Waals surface area contributed by atoms with Gasteiger partial charge in [0.1, 0.15) is 18.3 Å². The van der Waals surface area contributed by atoms with Crippen molar-refractivity contribution in [2.75, 3.05) is 6.61 Å². The molecule has 0 bridgehead atoms. The van der Waals surface area contributed by atoms with Crippen molar-refractivity contribution >= 4 is 14.1 Å². The van der Waals surface area contributed by atoms with Gasteiger partial charge in [0.25, 0.3) is 0 Å². The van der Waals surface area contributed by atoms with Crippen LogP contribution in [0.5, 0.6) is 0 Å². The number of carbonyl (C=O) groups excluding carboxylic acids is 1. The normalized spacial score (nSPS) is 17.0. The number of rotatable bonds is 4. The smallest absolute Gasteiger partial charge is 0.394 e. The first-order valence-corrected chi connectivity index (χ1v) is 5.08. The number of aldehydes is 1. The molecule has 0 unspecified atom stereocenters. The number of carbonyl (C=O) groups is 1. The van der Waals surface area contributed by atoms with Crippen molar-refractivity contribution in [3.63, 3.8) is 0 Å². The molecule has 0 amide bonds. The zero-order valence-electron chi connectivity index (χ0n) is 7.41. The Bertz CT molecular complexity index is 204. The Morgan fingerprint density at radius 3 is 1.67 bits per heavy atom. The van der Waals surface area contributed by atoms with Crippen LogP contribution in [0.1, 0.15) is 0 Å². The van der Waals surface area contributed by atoms with Crippen molar-refractivity contribution in [3.05, 3.63) is 0 Å². The van der Waals surface area contributed by atoms with Crippen LogP contribution in [0.4, 0.5) is 0 Å². The summed E-state index contributed by atoms with van der Waals surface area (Å²) in [4.78, 5) is 31.3. The van der Waals surface area contributed by atoms with E-state index in [0.717, 1.165) is 0 Å². The van der Waals surface area contributed by atoms with Gasteiger partial charge in [-0.15, -0.1) is 0 Å². The Labute approximate surface area is 84.5 Å². The molecule has 0 aromatic heterocycles. The molecule has 0 aliphatic carbocycles. The number of phosphoric acid groups is 1. The van der Waals surface area contributed by atoms with Crippen molar-refractivity contribution in [2.24, 2.45) is 0 Å². The molecule has 9 nitrogen and oxygen atoms in total. The van der Waals surface area contributed by atoms with E-state index in [0.29, 0.717) is 0 Å². The van der Waals surface area contributed by atoms with Gasteiger partial charge in [-0.05, 0) is 0 Å². The van der Waals surface area contributed by atoms with Crippen molar-refractivity contribution < 1.29 is 44.5 Å². The Kier molecular flexibility index (Phi) is 8.92. The van der Waals surface area contributed by atoms with Gasteiger partial charge in [0, 0.05) is 0 Å². The third-order valence-electron chi connectivity index (χ3n) is 1.07. The molecule has 0 aliphatic rings. The summed E-state index contributed by atoms with van der Waals surface area (Å²) in [5, 5.41) is 34.1. The highest BCUT2D eigenvalue weighted by molar-refractivity contribution is 7.45. The molecule has 7 N–H and O–H groups in total. The Morgan fingerprint density at radius 2 is 1.47 bits per heavy atom. The van der Waals surface area contributed by atoms with E-state index < -0.39 is 32.7 Å². The third-order valence-corrected chi connectivity index (χ3v) is 1.07. The lowest BCUT2D eigenvalue weighted by atomic mass is 10.1. The quantitative estimate of drug-likeness (QED) is 0.195. The van der Waals surface area contributed by atoms with Crippen LogP contribution in [0.3, 0.4) is 0 Å². The van der Waals surface area contributed by atoms with E-state index in [1.807, 2.05) is 0 Å². The van der Waals surface area contributed by atoms with E-state index in [2.05, 4.69) is 0 Å². The summed E-state index contributed by atoms with van der Waals surface area (Å²) in [6.45, 7) is -0.688. The number of aliphatic hydroxyl groups is 4. The fourth-order valence-corrected chi connectivity index (χ4v) is 0.416. The highest BCUT2D eigenvalue weighted by atomic mass is 31.2. The molecule has 0 saturated carbocycles. The minimum atomic E-state index is -4.64. The lowest BCUT2D eigenvalue weighted by Gasteiger charge is -2.16. The summed E-state index contributed by atoms with van der Waals surface area (Å²) in [6.07, 6.45) is -4.63. The Morgan fingerprint density at radius 1 is 1.13 bits per heavy atom. The molecule has 0 radical (unpaired) electrons. The Hall–Kier alpha value is -0.380. The predicted molar refractivity (Wildman–Crippen MR) is 45.4 cm³/mol. The monoisotopic (exact) mass is 248 g/mol. The summed E-state index contributed by atoms with van der Waals surface area (Å²) in [5.41, 5.74) is 0. The molecule has 92 valence electrons. The van der Waals surface area contributed by atoms with Crippen LogP contribution in [-0.4, -0.2) is 66.3 Å². The highest BCUT2D eigenvalue weighted by Crippen LogP contribution is 2.25. The lowest BCUT2D eigenvalue weighted by Crippen LogP contribution is -2.40. The first-order valence-electron chi connectivity index (χ1n) is 3.52. The van der Waals surface area contributed by atoms with Crippen LogP contribution in [0.15, 0.2) is 0 Å². The van der Waals surface area contributed by atoms with Crippen LogP contribution in [-0.2, 0) is 9.36 Å². The summed E-state index contributed by atoms with van der Waals surface area (Å²) in [7, 11) is -4.64. The standard InChI is InChI=1S/C5H10O5.H3O4P/c6-1-3(8)5(10)4(9)2-7;1-5(2,3)4/h1,3-5,7-10H,2H2;(H3,1,2,3,4)/t3-,4-,5+;/m0./s1. The Balaban J connectivity index is 0. The van der Waals surface area contributed by atoms with Gasteiger partial charge in [0.2, 0.25) is 0 Å². The van der Waals surface area contributed by atoms with Gasteiger partial charge >= 0.3 is 7.82 Å². The van der Waals surface area contributed by atoms with E-state index in [1.165, 1.54) is 0 Å². The van der Waals surface area contributed by atoms with Crippen LogP contribution < -0.4 is 0 Å². The lowest BCUT2D eigenvalue weighted by molar-refractivity contribution is -0.127. The molecule has 0 fully saturated rings. The van der Waals surface area contributed by atoms with E-state index in [4.69, 9.17) is 39.7 Å². The van der Waals surface area contributed by atoms with Gasteiger partial charge in [-0.2, -0.15) is 0 Å². The molecule has 0 saturated heterocycles. The summed E-state index contributed by atoms with van der Waals surface area (Å²) in [5.74, 6) is 0. The fourth-order valence-electron chi connectivity index (χ4n) is 0.416. The van der Waals surface area contributed by atoms with E-state index in [9.17, 15) is 4.79 Å². The average Bonchev–Trinajstić information content (AvgIpc) is 2.11. The van der Waals surface area contributed by atoms with Crippen molar-refractivity contribution in [2.45, 2.75) is 18.3 Å². The van der Waals surface area contributed by atoms with E-state index in [-0.39, 0.29) is 6.29 Å². The predicted octanol–water partition coefficient (Wildman–Crippen LogP) is -3.67. The molecule has 0 heterocycles. The van der Waals surface area contributed by atoms with Gasteiger partial charge in [0.15, 0.2) is 6.29 Å². The van der Waals surface area contributed by atoms with Crippen molar-refractivity contribution in [3.8, 4) is 0 Å². The second-order valence-electron chi connectivity index (χ2n) is 2.38. The van der Waals surface area contributed by atoms with Gasteiger partial charge in [-0.25, -0.2) is 4.57 Å². The zero-order chi connectivity index (χ0) is 12.6. The molecule has 0 spiro atoms. The summed E-state index contributed by atoms with van der Waals surface area (Å²) in [6, 6.07) is 0. The molecular weight excluding hydrogens is 235 g/mol. The molecule has 3 atom stereocenters. The minimum Gasteiger partial charge on any atom is -0.394 e. The van der Waals surface area contributed by atoms with Crippen LogP contribution >= 0.6 is 7.82 Å². The van der Waals surface area contributed by atoms with Crippen molar-refractivity contribution in [1.29, 1.82) is 0 Å². The van der Waals surface area contributed by atoms with Gasteiger partial charge in [-0.3, -0.25) is 0 Å². The first kappa shape index (κ1) is 17.0. The first-order chi connectivity index (χ1) is 6.63. The molecule has 0 aromatic carbocycles. The van der Waals surface area contributed by atoms with E-state index in [1.54, 1.807) is 0 Å². The zero-order valence-corrected chi connectivity index (χ0v) is 8.31. The molecule has 0 aromatic rings. The maximum Gasteiger partial charge on any atom is 0.466 e. The van der Waals surface area contributed by atoms with Crippen LogP contribution in [0.2, 0.25) is 0 Å². The third kappa shape index (κ3) is 13.6. The molecule has 10 heteroatoms. The largest absolute Gasteiger partial charge is 0.466 e. The second-order valence-corrected chi connectivity index (χ2v) is 3.41. The average molecular weight is 248 g/mol. The molecule has 0 rings (SSSR count). The summed E-state index contributed by atoms with van der Waals surface area (Å²) < 4.78 is 8.88. The highest BCUT2D eigenvalue weighted by Gasteiger charge is 2.22. The SMILES string of the molecule is O=C[C@H](O)[C@@H](O)[C@@H](O)CO.O=P(O)(O)O. The van der Waals surface area contributed by atoms with E-state index >= 15 is 0 Å². The maximum atomic E-state index is 9.76. The van der Waals surface area contributed by atoms with Crippen LogP contribution in [0, 0.1) is 0 Å². The van der Waals surface area contributed by atoms with Gasteiger partial charge < -0.3 is 39.9 Å². The summed E-state index contributed by atoms with van der Waals surface area (Å²) >= 11 is 0. The molecule has 0 aliphatic heterocycles. The molecule has 15 heavy (non-hydrogen) atoms. The second kappa shape index (κ2) is 7.85. The number of hydrogen-bond acceptors (Lipinski definition) is 6. The fraction of sp³-hybridized carbons (Fsp3) is 0.800. The van der Waals surface area contributed by atoms with Gasteiger partial charge in [-0.1, -0.05) is 0 Å². The van der Waals surface area contributed by atoms with Crippen LogP contribution in [0.25, 0.3) is 0 Å². The number of aliphatic hydroxyl groups excluding tert-OH is 4. The molecular formula is C5H13O9P. The van der Waals surface area contributed by atoms with Crippen molar-refractivity contribution in [1.82, 2.24) is 0 Å².